The number of carbonyl (C=O) groups is 2. The van der Waals surface area contributed by atoms with Crippen LogP contribution in [0.4, 0.5) is 8.78 Å². The van der Waals surface area contributed by atoms with Crippen molar-refractivity contribution in [2.75, 3.05) is 6.61 Å². The fourth-order valence-corrected chi connectivity index (χ4v) is 3.70. The Kier molecular flexibility index (Phi) is 14.6. The molecule has 1 rings (SSSR count). The van der Waals surface area contributed by atoms with Gasteiger partial charge < -0.3 is 10.1 Å². The van der Waals surface area contributed by atoms with E-state index in [9.17, 15) is 18.4 Å². The van der Waals surface area contributed by atoms with Crippen LogP contribution in [0.1, 0.15) is 121 Å². The van der Waals surface area contributed by atoms with Crippen molar-refractivity contribution in [1.29, 1.82) is 0 Å². The third kappa shape index (κ3) is 14.0. The Bertz CT molecular complexity index is 707. The van der Waals surface area contributed by atoms with Gasteiger partial charge in [-0.05, 0) is 32.4 Å². The molecule has 0 unspecified atom stereocenters. The molecule has 1 aromatic rings. The molecule has 1 aromatic carbocycles. The molecule has 0 heterocycles. The van der Waals surface area contributed by atoms with Crippen LogP contribution in [0, 0.1) is 11.6 Å². The van der Waals surface area contributed by atoms with Crippen LogP contribution in [0.3, 0.4) is 0 Å². The van der Waals surface area contributed by atoms with Gasteiger partial charge in [0.2, 0.25) is 0 Å². The molecule has 0 aromatic heterocycles. The van der Waals surface area contributed by atoms with E-state index in [-0.39, 0.29) is 18.1 Å². The molecule has 0 saturated carbocycles. The topological polar surface area (TPSA) is 55.4 Å². The standard InChI is InChI=1S/C27H43F2NO3/c1-4-5-6-7-8-9-10-11-12-13-14-15-16-17-25(31)33-21-27(2,3)30-26(32)23-19-18-22(28)20-24(23)29/h18-20H,4-17,21H2,1-3H3,(H,30,32). The summed E-state index contributed by atoms with van der Waals surface area (Å²) in [7, 11) is 0. The van der Waals surface area contributed by atoms with Crippen molar-refractivity contribution in [1.82, 2.24) is 5.32 Å². The first kappa shape index (κ1) is 29.1. The van der Waals surface area contributed by atoms with E-state index >= 15 is 0 Å². The first-order valence-electron chi connectivity index (χ1n) is 12.7. The largest absolute Gasteiger partial charge is 0.463 e. The van der Waals surface area contributed by atoms with E-state index in [1.165, 1.54) is 64.2 Å². The van der Waals surface area contributed by atoms with Crippen molar-refractivity contribution in [2.45, 2.75) is 116 Å². The van der Waals surface area contributed by atoms with Gasteiger partial charge in [-0.2, -0.15) is 0 Å². The summed E-state index contributed by atoms with van der Waals surface area (Å²) in [5.74, 6) is -2.65. The number of benzene rings is 1. The first-order valence-corrected chi connectivity index (χ1v) is 12.7. The number of ether oxygens (including phenoxy) is 1. The van der Waals surface area contributed by atoms with Crippen LogP contribution in [0.15, 0.2) is 18.2 Å². The summed E-state index contributed by atoms with van der Waals surface area (Å²) >= 11 is 0. The molecule has 6 heteroatoms. The highest BCUT2D eigenvalue weighted by Crippen LogP contribution is 2.14. The molecule has 0 saturated heterocycles. The van der Waals surface area contributed by atoms with Crippen LogP contribution in [-0.4, -0.2) is 24.0 Å². The van der Waals surface area contributed by atoms with Gasteiger partial charge in [0.05, 0.1) is 11.1 Å². The molecule has 0 aliphatic rings. The Hall–Kier alpha value is -1.98. The molecular weight excluding hydrogens is 424 g/mol. The molecule has 0 radical (unpaired) electrons. The van der Waals surface area contributed by atoms with Crippen LogP contribution in [0.5, 0.6) is 0 Å². The third-order valence-electron chi connectivity index (χ3n) is 5.71. The summed E-state index contributed by atoms with van der Waals surface area (Å²) in [5, 5.41) is 2.63. The number of carbonyl (C=O) groups excluding carboxylic acids is 2. The number of rotatable bonds is 18. The van der Waals surface area contributed by atoms with Crippen molar-refractivity contribution in [3.05, 3.63) is 35.4 Å². The van der Waals surface area contributed by atoms with Gasteiger partial charge in [0.15, 0.2) is 0 Å². The molecule has 0 atom stereocenters. The SMILES string of the molecule is CCCCCCCCCCCCCCCC(=O)OCC(C)(C)NC(=O)c1ccc(F)cc1F. The lowest BCUT2D eigenvalue weighted by molar-refractivity contribution is -0.145. The van der Waals surface area contributed by atoms with Gasteiger partial charge in [-0.3, -0.25) is 9.59 Å². The number of unbranched alkanes of at least 4 members (excludes halogenated alkanes) is 12. The summed E-state index contributed by atoms with van der Waals surface area (Å²) in [6, 6.07) is 2.79. The molecule has 0 aliphatic heterocycles. The molecular formula is C27H43F2NO3. The summed E-state index contributed by atoms with van der Waals surface area (Å²) in [4.78, 5) is 24.2. The maximum absolute atomic E-state index is 13.8. The number of hydrogen-bond acceptors (Lipinski definition) is 3. The minimum atomic E-state index is -0.928. The molecule has 188 valence electrons. The lowest BCUT2D eigenvalue weighted by atomic mass is 10.0. The zero-order valence-corrected chi connectivity index (χ0v) is 20.8. The van der Waals surface area contributed by atoms with E-state index in [4.69, 9.17) is 4.74 Å². The zero-order valence-electron chi connectivity index (χ0n) is 20.8. The summed E-state index contributed by atoms with van der Waals surface area (Å²) in [6.45, 7) is 5.60. The molecule has 33 heavy (non-hydrogen) atoms. The Morgan fingerprint density at radius 1 is 0.848 bits per heavy atom. The monoisotopic (exact) mass is 467 g/mol. The van der Waals surface area contributed by atoms with Crippen LogP contribution in [0.25, 0.3) is 0 Å². The van der Waals surface area contributed by atoms with Gasteiger partial charge in [0, 0.05) is 12.5 Å². The minimum absolute atomic E-state index is 0.0150. The zero-order chi connectivity index (χ0) is 24.5. The molecule has 0 spiro atoms. The predicted molar refractivity (Wildman–Crippen MR) is 129 cm³/mol. The van der Waals surface area contributed by atoms with Crippen LogP contribution in [-0.2, 0) is 9.53 Å². The normalized spacial score (nSPS) is 11.4. The van der Waals surface area contributed by atoms with Crippen molar-refractivity contribution in [2.24, 2.45) is 0 Å². The van der Waals surface area contributed by atoms with E-state index in [0.29, 0.717) is 12.5 Å². The Labute approximate surface area is 198 Å². The number of amides is 1. The van der Waals surface area contributed by atoms with E-state index in [1.807, 2.05) is 0 Å². The Morgan fingerprint density at radius 3 is 1.88 bits per heavy atom. The molecule has 0 fully saturated rings. The average molecular weight is 468 g/mol. The highest BCUT2D eigenvalue weighted by atomic mass is 19.1. The minimum Gasteiger partial charge on any atom is -0.463 e. The number of hydrogen-bond donors (Lipinski definition) is 1. The van der Waals surface area contributed by atoms with Crippen molar-refractivity contribution >= 4 is 11.9 Å². The third-order valence-corrected chi connectivity index (χ3v) is 5.71. The molecule has 1 N–H and O–H groups in total. The van der Waals surface area contributed by atoms with E-state index in [2.05, 4.69) is 12.2 Å². The fraction of sp³-hybridized carbons (Fsp3) is 0.704. The van der Waals surface area contributed by atoms with Crippen molar-refractivity contribution in [3.8, 4) is 0 Å². The van der Waals surface area contributed by atoms with Crippen molar-refractivity contribution < 1.29 is 23.1 Å². The molecule has 1 amide bonds. The van der Waals surface area contributed by atoms with Crippen LogP contribution < -0.4 is 5.32 Å². The van der Waals surface area contributed by atoms with E-state index < -0.39 is 23.1 Å². The van der Waals surface area contributed by atoms with E-state index in [1.54, 1.807) is 13.8 Å². The Balaban J connectivity index is 2.07. The number of esters is 1. The lowest BCUT2D eigenvalue weighted by Gasteiger charge is -2.26. The van der Waals surface area contributed by atoms with E-state index in [0.717, 1.165) is 31.4 Å². The second kappa shape index (κ2) is 16.6. The second-order valence-corrected chi connectivity index (χ2v) is 9.62. The highest BCUT2D eigenvalue weighted by molar-refractivity contribution is 5.94. The smallest absolute Gasteiger partial charge is 0.305 e. The first-order chi connectivity index (χ1) is 15.7. The summed E-state index contributed by atoms with van der Waals surface area (Å²) in [6.07, 6.45) is 16.5. The van der Waals surface area contributed by atoms with Gasteiger partial charge in [-0.15, -0.1) is 0 Å². The summed E-state index contributed by atoms with van der Waals surface area (Å²) in [5.41, 5.74) is -1.12. The average Bonchev–Trinajstić information content (AvgIpc) is 2.75. The Morgan fingerprint density at radius 2 is 1.36 bits per heavy atom. The fourth-order valence-electron chi connectivity index (χ4n) is 3.70. The maximum Gasteiger partial charge on any atom is 0.305 e. The van der Waals surface area contributed by atoms with Crippen molar-refractivity contribution in [3.63, 3.8) is 0 Å². The molecule has 4 nitrogen and oxygen atoms in total. The molecule has 0 aliphatic carbocycles. The highest BCUT2D eigenvalue weighted by Gasteiger charge is 2.24. The predicted octanol–water partition coefficient (Wildman–Crippen LogP) is 7.50. The second-order valence-electron chi connectivity index (χ2n) is 9.62. The quantitative estimate of drug-likeness (QED) is 0.180. The van der Waals surface area contributed by atoms with Gasteiger partial charge in [0.1, 0.15) is 18.2 Å². The van der Waals surface area contributed by atoms with Gasteiger partial charge in [0.25, 0.3) is 5.91 Å². The molecule has 0 bridgehead atoms. The van der Waals surface area contributed by atoms with Crippen LogP contribution in [0.2, 0.25) is 0 Å². The summed E-state index contributed by atoms with van der Waals surface area (Å²) < 4.78 is 32.1. The number of halogens is 2. The maximum atomic E-state index is 13.8. The van der Waals surface area contributed by atoms with Gasteiger partial charge in [-0.25, -0.2) is 8.78 Å². The van der Waals surface area contributed by atoms with Gasteiger partial charge in [-0.1, -0.05) is 84.0 Å². The lowest BCUT2D eigenvalue weighted by Crippen LogP contribution is -2.47. The van der Waals surface area contributed by atoms with Crippen LogP contribution >= 0.6 is 0 Å². The van der Waals surface area contributed by atoms with Gasteiger partial charge >= 0.3 is 5.97 Å². The number of nitrogens with one attached hydrogen (secondary N) is 1.